The molecule has 2 rings (SSSR count). The molecule has 0 aromatic carbocycles. The molecule has 1 unspecified atom stereocenters. The predicted octanol–water partition coefficient (Wildman–Crippen LogP) is 3.22. The molecule has 1 aromatic rings. The van der Waals surface area contributed by atoms with Gasteiger partial charge in [-0.05, 0) is 17.9 Å². The second-order valence-electron chi connectivity index (χ2n) is 5.04. The first kappa shape index (κ1) is 12.1. The number of nitrogens with one attached hydrogen (secondary N) is 1. The summed E-state index contributed by atoms with van der Waals surface area (Å²) >= 11 is 1.85. The maximum absolute atomic E-state index is 5.28. The van der Waals surface area contributed by atoms with Crippen molar-refractivity contribution in [2.75, 3.05) is 19.8 Å². The molecule has 3 heteroatoms. The van der Waals surface area contributed by atoms with Crippen molar-refractivity contribution in [2.45, 2.75) is 32.7 Å². The summed E-state index contributed by atoms with van der Waals surface area (Å²) in [5, 5.41) is 5.86. The minimum Gasteiger partial charge on any atom is -0.380 e. The minimum atomic E-state index is 0.364. The second-order valence-corrected chi connectivity index (χ2v) is 6.02. The number of rotatable bonds is 6. The number of ether oxygens (including phenoxy) is 1. The van der Waals surface area contributed by atoms with Gasteiger partial charge in [0.15, 0.2) is 0 Å². The Morgan fingerprint density at radius 1 is 1.56 bits per heavy atom. The summed E-state index contributed by atoms with van der Waals surface area (Å²) < 4.78 is 5.28. The van der Waals surface area contributed by atoms with Crippen molar-refractivity contribution in [1.82, 2.24) is 5.32 Å². The third kappa shape index (κ3) is 2.84. The maximum atomic E-state index is 5.28. The van der Waals surface area contributed by atoms with Crippen LogP contribution in [0.15, 0.2) is 17.5 Å². The highest BCUT2D eigenvalue weighted by Gasteiger charge is 2.33. The molecular weight excluding hydrogens is 218 g/mol. The first-order valence-corrected chi connectivity index (χ1v) is 6.96. The summed E-state index contributed by atoms with van der Waals surface area (Å²) in [4.78, 5) is 1.46. The van der Waals surface area contributed by atoms with E-state index in [-0.39, 0.29) is 0 Å². The molecule has 0 radical (unpaired) electrons. The Labute approximate surface area is 102 Å². The molecule has 1 N–H and O–H groups in total. The lowest BCUT2D eigenvalue weighted by atomic mass is 9.88. The van der Waals surface area contributed by atoms with Gasteiger partial charge in [-0.2, -0.15) is 0 Å². The van der Waals surface area contributed by atoms with Gasteiger partial charge < -0.3 is 10.1 Å². The summed E-state index contributed by atoms with van der Waals surface area (Å²) in [6.07, 6.45) is 2.44. The zero-order valence-corrected chi connectivity index (χ0v) is 11.0. The molecule has 1 aromatic heterocycles. The Morgan fingerprint density at radius 2 is 2.38 bits per heavy atom. The summed E-state index contributed by atoms with van der Waals surface area (Å²) in [7, 11) is 0. The van der Waals surface area contributed by atoms with Crippen LogP contribution in [-0.2, 0) is 4.74 Å². The van der Waals surface area contributed by atoms with Gasteiger partial charge in [0.25, 0.3) is 0 Å². The Hall–Kier alpha value is -0.380. The highest BCUT2D eigenvalue weighted by molar-refractivity contribution is 7.10. The molecule has 0 bridgehead atoms. The third-order valence-corrected chi connectivity index (χ3v) is 4.13. The largest absolute Gasteiger partial charge is 0.380 e. The molecule has 1 fully saturated rings. The fourth-order valence-corrected chi connectivity index (χ4v) is 2.88. The zero-order valence-electron chi connectivity index (χ0n) is 10.2. The molecule has 0 amide bonds. The van der Waals surface area contributed by atoms with Crippen molar-refractivity contribution in [1.29, 1.82) is 0 Å². The molecular formula is C13H21NOS. The van der Waals surface area contributed by atoms with Crippen molar-refractivity contribution in [3.8, 4) is 0 Å². The monoisotopic (exact) mass is 239 g/mol. The zero-order chi connectivity index (χ0) is 11.4. The van der Waals surface area contributed by atoms with Gasteiger partial charge in [-0.1, -0.05) is 26.3 Å². The van der Waals surface area contributed by atoms with Crippen LogP contribution < -0.4 is 5.32 Å². The molecule has 16 heavy (non-hydrogen) atoms. The summed E-state index contributed by atoms with van der Waals surface area (Å²) in [6, 6.07) is 4.90. The van der Waals surface area contributed by atoms with Gasteiger partial charge in [0, 0.05) is 22.9 Å². The highest BCUT2D eigenvalue weighted by Crippen LogP contribution is 2.28. The van der Waals surface area contributed by atoms with Gasteiger partial charge in [0.1, 0.15) is 0 Å². The third-order valence-electron chi connectivity index (χ3n) is 3.14. The Morgan fingerprint density at radius 3 is 2.88 bits per heavy atom. The molecule has 1 saturated heterocycles. The SMILES string of the molecule is CCCC(NCC1(C)COC1)c1cccs1. The van der Waals surface area contributed by atoms with E-state index in [9.17, 15) is 0 Å². The first-order valence-electron chi connectivity index (χ1n) is 6.08. The van der Waals surface area contributed by atoms with Crippen LogP contribution in [0.5, 0.6) is 0 Å². The smallest absolute Gasteiger partial charge is 0.0554 e. The van der Waals surface area contributed by atoms with E-state index in [0.29, 0.717) is 11.5 Å². The van der Waals surface area contributed by atoms with Crippen LogP contribution in [0.2, 0.25) is 0 Å². The lowest BCUT2D eigenvalue weighted by Gasteiger charge is -2.39. The van der Waals surface area contributed by atoms with E-state index in [1.54, 1.807) is 0 Å². The molecule has 2 nitrogen and oxygen atoms in total. The van der Waals surface area contributed by atoms with E-state index < -0.39 is 0 Å². The molecule has 0 saturated carbocycles. The molecule has 0 spiro atoms. The van der Waals surface area contributed by atoms with Gasteiger partial charge in [0.05, 0.1) is 13.2 Å². The van der Waals surface area contributed by atoms with Crippen LogP contribution in [0, 0.1) is 5.41 Å². The average molecular weight is 239 g/mol. The number of hydrogen-bond acceptors (Lipinski definition) is 3. The van der Waals surface area contributed by atoms with Gasteiger partial charge >= 0.3 is 0 Å². The lowest BCUT2D eigenvalue weighted by Crippen LogP contribution is -2.47. The molecule has 90 valence electrons. The fourth-order valence-electron chi connectivity index (χ4n) is 2.05. The van der Waals surface area contributed by atoms with Gasteiger partial charge in [0.2, 0.25) is 0 Å². The standard InChI is InChI=1S/C13H21NOS/c1-3-5-11(12-6-4-7-16-12)14-8-13(2)9-15-10-13/h4,6-7,11,14H,3,5,8-10H2,1-2H3. The molecule has 1 aliphatic heterocycles. The molecule has 1 atom stereocenters. The van der Waals surface area contributed by atoms with Crippen LogP contribution in [0.25, 0.3) is 0 Å². The van der Waals surface area contributed by atoms with Crippen LogP contribution >= 0.6 is 11.3 Å². The normalized spacial score (nSPS) is 20.4. The topological polar surface area (TPSA) is 21.3 Å². The average Bonchev–Trinajstić information content (AvgIpc) is 2.74. The van der Waals surface area contributed by atoms with Gasteiger partial charge in [-0.3, -0.25) is 0 Å². The van der Waals surface area contributed by atoms with E-state index in [4.69, 9.17) is 4.74 Å². The number of thiophene rings is 1. The van der Waals surface area contributed by atoms with E-state index >= 15 is 0 Å². The van der Waals surface area contributed by atoms with Crippen LogP contribution in [0.4, 0.5) is 0 Å². The maximum Gasteiger partial charge on any atom is 0.0554 e. The van der Waals surface area contributed by atoms with Crippen LogP contribution in [0.3, 0.4) is 0 Å². The van der Waals surface area contributed by atoms with Gasteiger partial charge in [-0.25, -0.2) is 0 Å². The molecule has 1 aliphatic rings. The lowest BCUT2D eigenvalue weighted by molar-refractivity contribution is -0.100. The highest BCUT2D eigenvalue weighted by atomic mass is 32.1. The van der Waals surface area contributed by atoms with Crippen molar-refractivity contribution >= 4 is 11.3 Å². The second kappa shape index (κ2) is 5.30. The number of hydrogen-bond donors (Lipinski definition) is 1. The summed E-state index contributed by atoms with van der Waals surface area (Å²) in [5.74, 6) is 0. The molecule has 0 aliphatic carbocycles. The fraction of sp³-hybridized carbons (Fsp3) is 0.692. The molecule has 2 heterocycles. The van der Waals surface area contributed by atoms with E-state index in [0.717, 1.165) is 19.8 Å². The van der Waals surface area contributed by atoms with E-state index in [2.05, 4.69) is 36.7 Å². The minimum absolute atomic E-state index is 0.364. The van der Waals surface area contributed by atoms with Crippen molar-refractivity contribution < 1.29 is 4.74 Å². The summed E-state index contributed by atoms with van der Waals surface area (Å²) in [6.45, 7) is 7.42. The van der Waals surface area contributed by atoms with Crippen LogP contribution in [-0.4, -0.2) is 19.8 Å². The Kier molecular flexibility index (Phi) is 4.00. The summed E-state index contributed by atoms with van der Waals surface area (Å²) in [5.41, 5.74) is 0.364. The van der Waals surface area contributed by atoms with E-state index in [1.165, 1.54) is 17.7 Å². The van der Waals surface area contributed by atoms with Crippen molar-refractivity contribution in [2.24, 2.45) is 5.41 Å². The Balaban J connectivity index is 1.88. The Bertz CT molecular complexity index is 306. The van der Waals surface area contributed by atoms with E-state index in [1.807, 2.05) is 11.3 Å². The predicted molar refractivity (Wildman–Crippen MR) is 68.9 cm³/mol. The van der Waals surface area contributed by atoms with Crippen molar-refractivity contribution in [3.63, 3.8) is 0 Å². The van der Waals surface area contributed by atoms with Crippen molar-refractivity contribution in [3.05, 3.63) is 22.4 Å². The van der Waals surface area contributed by atoms with Crippen LogP contribution in [0.1, 0.15) is 37.6 Å². The van der Waals surface area contributed by atoms with Gasteiger partial charge in [-0.15, -0.1) is 11.3 Å². The quantitative estimate of drug-likeness (QED) is 0.823. The first-order chi connectivity index (χ1) is 7.73.